The van der Waals surface area contributed by atoms with Gasteiger partial charge in [-0.25, -0.2) is 0 Å². The minimum absolute atomic E-state index is 0.00124. The molecule has 0 saturated carbocycles. The van der Waals surface area contributed by atoms with E-state index < -0.39 is 23.5 Å². The molecule has 0 spiro atoms. The molecule has 39 heavy (non-hydrogen) atoms. The van der Waals surface area contributed by atoms with Crippen LogP contribution < -0.4 is 24.4 Å². The lowest BCUT2D eigenvalue weighted by Gasteiger charge is -2.26. The van der Waals surface area contributed by atoms with Crippen LogP contribution in [0.3, 0.4) is 0 Å². The van der Waals surface area contributed by atoms with Gasteiger partial charge in [0, 0.05) is 18.3 Å². The number of methoxy groups -OCH3 is 3. The Labute approximate surface area is 234 Å². The second-order valence-electron chi connectivity index (χ2n) is 8.46. The molecule has 4 rings (SSSR count). The zero-order valence-electron chi connectivity index (χ0n) is 21.4. The number of amides is 2. The van der Waals surface area contributed by atoms with Crippen LogP contribution in [0.15, 0.2) is 60.2 Å². The number of hydrogen-bond acceptors (Lipinski definition) is 7. The van der Waals surface area contributed by atoms with Crippen LogP contribution >= 0.6 is 23.2 Å². The molecule has 9 nitrogen and oxygen atoms in total. The lowest BCUT2D eigenvalue weighted by atomic mass is 9.94. The monoisotopic (exact) mass is 570 g/mol. The lowest BCUT2D eigenvalue weighted by Crippen LogP contribution is -2.29. The molecule has 0 aromatic heterocycles. The summed E-state index contributed by atoms with van der Waals surface area (Å²) in [6.45, 7) is 1.35. The number of benzene rings is 3. The van der Waals surface area contributed by atoms with Crippen molar-refractivity contribution in [3.05, 3.63) is 81.3 Å². The van der Waals surface area contributed by atoms with Crippen LogP contribution in [0.4, 0.5) is 11.4 Å². The standard InChI is InChI=1S/C28H24Cl2N2O7/c1-14(33)31-16-8-6-9-17(12-16)32-23(15-7-5-10-18(11-15)37-2)21(25(35)28(32)36)24(34)19-13-20(29)27(39-4)22(30)26(19)38-3/h5-13,23,34H,1-4H3,(H,31,33)/b24-21+. The smallest absolute Gasteiger partial charge is 0.300 e. The average Bonchev–Trinajstić information content (AvgIpc) is 3.18. The molecule has 3 aromatic carbocycles. The van der Waals surface area contributed by atoms with E-state index in [0.29, 0.717) is 22.7 Å². The van der Waals surface area contributed by atoms with Crippen molar-refractivity contribution in [2.24, 2.45) is 0 Å². The van der Waals surface area contributed by atoms with Crippen LogP contribution in [-0.2, 0) is 14.4 Å². The Morgan fingerprint density at radius 2 is 1.64 bits per heavy atom. The topological polar surface area (TPSA) is 114 Å². The minimum atomic E-state index is -1.09. The van der Waals surface area contributed by atoms with Gasteiger partial charge < -0.3 is 24.6 Å². The van der Waals surface area contributed by atoms with Gasteiger partial charge in [0.2, 0.25) is 5.91 Å². The molecule has 2 amide bonds. The molecule has 0 aliphatic carbocycles. The molecule has 11 heteroatoms. The lowest BCUT2D eigenvalue weighted by molar-refractivity contribution is -0.132. The van der Waals surface area contributed by atoms with Gasteiger partial charge in [-0.05, 0) is 42.0 Å². The summed E-state index contributed by atoms with van der Waals surface area (Å²) in [5, 5.41) is 14.3. The third-order valence-corrected chi connectivity index (χ3v) is 6.72. The first-order valence-corrected chi connectivity index (χ1v) is 12.3. The number of carbonyl (C=O) groups is 3. The number of rotatable bonds is 7. The Kier molecular flexibility index (Phi) is 8.03. The second kappa shape index (κ2) is 11.3. The first-order chi connectivity index (χ1) is 18.6. The summed E-state index contributed by atoms with van der Waals surface area (Å²) in [5.74, 6) is -2.11. The van der Waals surface area contributed by atoms with Gasteiger partial charge in [-0.2, -0.15) is 0 Å². The molecule has 1 saturated heterocycles. The van der Waals surface area contributed by atoms with E-state index in [2.05, 4.69) is 5.32 Å². The Morgan fingerprint density at radius 3 is 2.28 bits per heavy atom. The molecule has 0 bridgehead atoms. The number of hydrogen-bond donors (Lipinski definition) is 2. The van der Waals surface area contributed by atoms with Crippen LogP contribution in [0.1, 0.15) is 24.1 Å². The van der Waals surface area contributed by atoms with Crippen molar-refractivity contribution >= 4 is 57.9 Å². The normalized spacial score (nSPS) is 16.3. The number of aliphatic hydroxyl groups is 1. The van der Waals surface area contributed by atoms with E-state index in [1.165, 1.54) is 39.2 Å². The average molecular weight is 571 g/mol. The summed E-state index contributed by atoms with van der Waals surface area (Å²) in [5.41, 5.74) is 0.972. The minimum Gasteiger partial charge on any atom is -0.507 e. The summed E-state index contributed by atoms with van der Waals surface area (Å²) in [4.78, 5) is 40.0. The summed E-state index contributed by atoms with van der Waals surface area (Å²) in [6.07, 6.45) is 0. The van der Waals surface area contributed by atoms with E-state index in [-0.39, 0.29) is 38.6 Å². The summed E-state index contributed by atoms with van der Waals surface area (Å²) in [7, 11) is 4.19. The quantitative estimate of drug-likeness (QED) is 0.216. The number of nitrogens with zero attached hydrogens (tertiary/aromatic N) is 1. The first-order valence-electron chi connectivity index (χ1n) is 11.6. The maximum atomic E-state index is 13.6. The predicted molar refractivity (Wildman–Crippen MR) is 148 cm³/mol. The Bertz CT molecular complexity index is 1520. The highest BCUT2D eigenvalue weighted by Crippen LogP contribution is 2.48. The van der Waals surface area contributed by atoms with Crippen molar-refractivity contribution in [3.63, 3.8) is 0 Å². The van der Waals surface area contributed by atoms with Gasteiger partial charge in [-0.3, -0.25) is 19.3 Å². The molecule has 3 aromatic rings. The molecule has 1 atom stereocenters. The fraction of sp³-hybridized carbons (Fsp3) is 0.179. The summed E-state index contributed by atoms with van der Waals surface area (Å²) < 4.78 is 16.0. The zero-order valence-corrected chi connectivity index (χ0v) is 22.9. The Balaban J connectivity index is 2.01. The number of ketones is 1. The third-order valence-electron chi connectivity index (χ3n) is 6.09. The van der Waals surface area contributed by atoms with Crippen LogP contribution in [0.5, 0.6) is 17.2 Å². The van der Waals surface area contributed by atoms with Gasteiger partial charge in [0.25, 0.3) is 11.7 Å². The molecular formula is C28H24Cl2N2O7. The molecular weight excluding hydrogens is 547 g/mol. The van der Waals surface area contributed by atoms with E-state index in [4.69, 9.17) is 37.4 Å². The Morgan fingerprint density at radius 1 is 0.949 bits per heavy atom. The number of halogens is 2. The molecule has 0 radical (unpaired) electrons. The van der Waals surface area contributed by atoms with E-state index in [1.54, 1.807) is 48.5 Å². The fourth-order valence-corrected chi connectivity index (χ4v) is 5.14. The largest absolute Gasteiger partial charge is 0.507 e. The van der Waals surface area contributed by atoms with Gasteiger partial charge in [-0.1, -0.05) is 41.4 Å². The van der Waals surface area contributed by atoms with Crippen molar-refractivity contribution < 1.29 is 33.7 Å². The van der Waals surface area contributed by atoms with Crippen LogP contribution in [0.2, 0.25) is 10.0 Å². The van der Waals surface area contributed by atoms with Crippen LogP contribution in [0, 0.1) is 0 Å². The molecule has 2 N–H and O–H groups in total. The predicted octanol–water partition coefficient (Wildman–Crippen LogP) is 5.60. The highest BCUT2D eigenvalue weighted by molar-refractivity contribution is 6.52. The second-order valence-corrected chi connectivity index (χ2v) is 9.25. The number of anilines is 2. The molecule has 1 heterocycles. The van der Waals surface area contributed by atoms with Gasteiger partial charge in [0.1, 0.15) is 16.5 Å². The molecule has 202 valence electrons. The fourth-order valence-electron chi connectivity index (χ4n) is 4.45. The Hall–Kier alpha value is -4.21. The molecule has 1 fully saturated rings. The van der Waals surface area contributed by atoms with Gasteiger partial charge in [0.05, 0.1) is 43.5 Å². The van der Waals surface area contributed by atoms with Crippen molar-refractivity contribution in [2.45, 2.75) is 13.0 Å². The van der Waals surface area contributed by atoms with Crippen molar-refractivity contribution in [1.82, 2.24) is 0 Å². The third kappa shape index (κ3) is 5.10. The number of Topliss-reactive ketones (excluding diaryl/α,β-unsaturated/α-hetero) is 1. The van der Waals surface area contributed by atoms with E-state index in [1.807, 2.05) is 0 Å². The first kappa shape index (κ1) is 27.8. The molecule has 1 aliphatic heterocycles. The van der Waals surface area contributed by atoms with Crippen molar-refractivity contribution in [2.75, 3.05) is 31.5 Å². The number of carbonyl (C=O) groups excluding carboxylic acids is 3. The highest BCUT2D eigenvalue weighted by atomic mass is 35.5. The number of aliphatic hydroxyl groups excluding tert-OH is 1. The van der Waals surface area contributed by atoms with E-state index in [9.17, 15) is 19.5 Å². The number of nitrogens with one attached hydrogen (secondary N) is 1. The summed E-state index contributed by atoms with van der Waals surface area (Å²) >= 11 is 12.8. The van der Waals surface area contributed by atoms with Crippen molar-refractivity contribution in [1.29, 1.82) is 0 Å². The van der Waals surface area contributed by atoms with Crippen LogP contribution in [0.25, 0.3) is 5.76 Å². The van der Waals surface area contributed by atoms with E-state index in [0.717, 1.165) is 0 Å². The van der Waals surface area contributed by atoms with Gasteiger partial charge >= 0.3 is 0 Å². The zero-order chi connectivity index (χ0) is 28.4. The van der Waals surface area contributed by atoms with Crippen molar-refractivity contribution in [3.8, 4) is 17.2 Å². The highest BCUT2D eigenvalue weighted by Gasteiger charge is 2.47. The maximum absolute atomic E-state index is 13.6. The van der Waals surface area contributed by atoms with E-state index >= 15 is 0 Å². The van der Waals surface area contributed by atoms with Gasteiger partial charge in [-0.15, -0.1) is 0 Å². The SMILES string of the molecule is COc1cccc(C2/C(=C(\O)c3cc(Cl)c(OC)c(Cl)c3OC)C(=O)C(=O)N2c2cccc(NC(C)=O)c2)c1. The molecule has 1 unspecified atom stereocenters. The van der Waals surface area contributed by atoms with Crippen LogP contribution in [-0.4, -0.2) is 44.0 Å². The molecule has 1 aliphatic rings. The van der Waals surface area contributed by atoms with Gasteiger partial charge in [0.15, 0.2) is 11.5 Å². The maximum Gasteiger partial charge on any atom is 0.300 e. The number of ether oxygens (including phenoxy) is 3. The summed E-state index contributed by atoms with van der Waals surface area (Å²) in [6, 6.07) is 13.5.